The summed E-state index contributed by atoms with van der Waals surface area (Å²) in [5.41, 5.74) is 0.671. The highest BCUT2D eigenvalue weighted by atomic mass is 35.5. The first-order chi connectivity index (χ1) is 8.00. The van der Waals surface area contributed by atoms with Crippen LogP contribution in [0.4, 0.5) is 4.79 Å². The van der Waals surface area contributed by atoms with Gasteiger partial charge in [0.1, 0.15) is 6.04 Å². The molecule has 90 valence electrons. The summed E-state index contributed by atoms with van der Waals surface area (Å²) in [5.74, 6) is -0.272. The maximum atomic E-state index is 11.7. The van der Waals surface area contributed by atoms with E-state index in [0.717, 1.165) is 4.90 Å². The van der Waals surface area contributed by atoms with E-state index in [1.165, 1.54) is 7.05 Å². The van der Waals surface area contributed by atoms with Crippen molar-refractivity contribution < 1.29 is 9.59 Å². The lowest BCUT2D eigenvalue weighted by molar-refractivity contribution is -0.126. The minimum Gasteiger partial charge on any atom is -0.325 e. The molecule has 0 radical (unpaired) electrons. The molecule has 2 rings (SSSR count). The minimum atomic E-state index is -0.593. The molecule has 0 aromatic heterocycles. The van der Waals surface area contributed by atoms with Crippen LogP contribution in [-0.2, 0) is 11.2 Å². The van der Waals surface area contributed by atoms with E-state index in [1.54, 1.807) is 18.2 Å². The molecular formula is C11H10Cl2N2O2. The Hall–Kier alpha value is -1.26. The number of imide groups is 1. The Morgan fingerprint density at radius 2 is 1.88 bits per heavy atom. The zero-order valence-electron chi connectivity index (χ0n) is 9.04. The number of nitrogens with zero attached hydrogens (tertiary/aromatic N) is 1. The van der Waals surface area contributed by atoms with Gasteiger partial charge in [-0.25, -0.2) is 4.79 Å². The Balaban J connectivity index is 2.23. The molecule has 1 aromatic rings. The lowest BCUT2D eigenvalue weighted by Crippen LogP contribution is -2.31. The third-order valence-corrected chi connectivity index (χ3v) is 3.41. The Morgan fingerprint density at radius 3 is 2.35 bits per heavy atom. The van der Waals surface area contributed by atoms with E-state index < -0.39 is 12.1 Å². The molecule has 0 saturated carbocycles. The average molecular weight is 273 g/mol. The van der Waals surface area contributed by atoms with E-state index in [2.05, 4.69) is 5.32 Å². The fourth-order valence-electron chi connectivity index (χ4n) is 1.71. The number of nitrogens with one attached hydrogen (secondary N) is 1. The van der Waals surface area contributed by atoms with Gasteiger partial charge in [-0.15, -0.1) is 0 Å². The SMILES string of the molecule is CN1C(=O)NC(Cc2c(Cl)cccc2Cl)C1=O. The van der Waals surface area contributed by atoms with E-state index in [9.17, 15) is 9.59 Å². The summed E-state index contributed by atoms with van der Waals surface area (Å²) in [6, 6.07) is 4.14. The van der Waals surface area contributed by atoms with Crippen LogP contribution in [0.1, 0.15) is 5.56 Å². The van der Waals surface area contributed by atoms with Gasteiger partial charge >= 0.3 is 6.03 Å². The summed E-state index contributed by atoms with van der Waals surface area (Å²) in [6.07, 6.45) is 0.299. The lowest BCUT2D eigenvalue weighted by Gasteiger charge is -2.11. The Bertz CT molecular complexity index is 470. The predicted octanol–water partition coefficient (Wildman–Crippen LogP) is 2.09. The molecule has 4 nitrogen and oxygen atoms in total. The third kappa shape index (κ3) is 2.23. The van der Waals surface area contributed by atoms with Crippen LogP contribution in [0.2, 0.25) is 10.0 Å². The number of amides is 3. The number of halogens is 2. The zero-order valence-corrected chi connectivity index (χ0v) is 10.5. The summed E-state index contributed by atoms with van der Waals surface area (Å²) >= 11 is 12.0. The maximum Gasteiger partial charge on any atom is 0.324 e. The van der Waals surface area contributed by atoms with E-state index in [4.69, 9.17) is 23.2 Å². The van der Waals surface area contributed by atoms with E-state index in [0.29, 0.717) is 22.0 Å². The van der Waals surface area contributed by atoms with Crippen molar-refractivity contribution in [1.82, 2.24) is 10.2 Å². The van der Waals surface area contributed by atoms with Crippen molar-refractivity contribution in [2.75, 3.05) is 7.05 Å². The van der Waals surface area contributed by atoms with Gasteiger partial charge in [0.25, 0.3) is 5.91 Å². The maximum absolute atomic E-state index is 11.7. The van der Waals surface area contributed by atoms with Crippen LogP contribution in [-0.4, -0.2) is 29.9 Å². The van der Waals surface area contributed by atoms with Crippen LogP contribution >= 0.6 is 23.2 Å². The highest BCUT2D eigenvalue weighted by Crippen LogP contribution is 2.26. The van der Waals surface area contributed by atoms with Gasteiger partial charge in [-0.05, 0) is 17.7 Å². The smallest absolute Gasteiger partial charge is 0.324 e. The van der Waals surface area contributed by atoms with Gasteiger partial charge in [-0.1, -0.05) is 29.3 Å². The molecular weight excluding hydrogens is 263 g/mol. The average Bonchev–Trinajstić information content (AvgIpc) is 2.52. The van der Waals surface area contributed by atoms with E-state index in [-0.39, 0.29) is 5.91 Å². The normalized spacial score (nSPS) is 19.7. The van der Waals surface area contributed by atoms with Crippen molar-refractivity contribution in [2.45, 2.75) is 12.5 Å². The van der Waals surface area contributed by atoms with Crippen LogP contribution in [0.3, 0.4) is 0 Å². The molecule has 1 unspecified atom stereocenters. The molecule has 6 heteroatoms. The third-order valence-electron chi connectivity index (χ3n) is 2.70. The van der Waals surface area contributed by atoms with Crippen LogP contribution in [0.5, 0.6) is 0 Å². The molecule has 0 bridgehead atoms. The number of hydrogen-bond acceptors (Lipinski definition) is 2. The Labute approximate surface area is 108 Å². The minimum absolute atomic E-state index is 0.272. The molecule has 1 aromatic carbocycles. The quantitative estimate of drug-likeness (QED) is 0.839. The van der Waals surface area contributed by atoms with E-state index in [1.807, 2.05) is 0 Å². The van der Waals surface area contributed by atoms with Gasteiger partial charge in [0.15, 0.2) is 0 Å². The molecule has 1 saturated heterocycles. The van der Waals surface area contributed by atoms with Crippen molar-refractivity contribution in [3.8, 4) is 0 Å². The van der Waals surface area contributed by atoms with Gasteiger partial charge in [-0.2, -0.15) is 0 Å². The Morgan fingerprint density at radius 1 is 1.29 bits per heavy atom. The number of urea groups is 1. The highest BCUT2D eigenvalue weighted by molar-refractivity contribution is 6.36. The number of likely N-dealkylation sites (N-methyl/N-ethyl adjacent to an activating group) is 1. The number of benzene rings is 1. The van der Waals surface area contributed by atoms with Crippen molar-refractivity contribution in [3.05, 3.63) is 33.8 Å². The van der Waals surface area contributed by atoms with Crippen LogP contribution in [0.15, 0.2) is 18.2 Å². The first-order valence-corrected chi connectivity index (χ1v) is 5.77. The van der Waals surface area contributed by atoms with Gasteiger partial charge < -0.3 is 5.32 Å². The molecule has 1 aliphatic rings. The molecule has 1 fully saturated rings. The first-order valence-electron chi connectivity index (χ1n) is 5.01. The second-order valence-electron chi connectivity index (χ2n) is 3.80. The summed E-state index contributed by atoms with van der Waals surface area (Å²) in [7, 11) is 1.44. The lowest BCUT2D eigenvalue weighted by atomic mass is 10.1. The van der Waals surface area contributed by atoms with Crippen molar-refractivity contribution in [1.29, 1.82) is 0 Å². The number of hydrogen-bond donors (Lipinski definition) is 1. The summed E-state index contributed by atoms with van der Waals surface area (Å²) in [5, 5.41) is 3.57. The molecule has 1 N–H and O–H groups in total. The summed E-state index contributed by atoms with van der Waals surface area (Å²) < 4.78 is 0. The van der Waals surface area contributed by atoms with Crippen LogP contribution in [0, 0.1) is 0 Å². The van der Waals surface area contributed by atoms with Crippen molar-refractivity contribution in [2.24, 2.45) is 0 Å². The molecule has 0 spiro atoms. The second kappa shape index (κ2) is 4.55. The molecule has 1 atom stereocenters. The number of carbonyl (C=O) groups excluding carboxylic acids is 2. The van der Waals surface area contributed by atoms with Crippen LogP contribution in [0.25, 0.3) is 0 Å². The predicted molar refractivity (Wildman–Crippen MR) is 65.3 cm³/mol. The largest absolute Gasteiger partial charge is 0.325 e. The molecule has 1 aliphatic heterocycles. The first kappa shape index (κ1) is 12.2. The molecule has 3 amide bonds. The van der Waals surface area contributed by atoms with Gasteiger partial charge in [0, 0.05) is 23.5 Å². The molecule has 17 heavy (non-hydrogen) atoms. The molecule has 0 aliphatic carbocycles. The van der Waals surface area contributed by atoms with Gasteiger partial charge in [0.2, 0.25) is 0 Å². The summed E-state index contributed by atoms with van der Waals surface area (Å²) in [4.78, 5) is 24.0. The monoisotopic (exact) mass is 272 g/mol. The topological polar surface area (TPSA) is 49.4 Å². The number of rotatable bonds is 2. The van der Waals surface area contributed by atoms with Gasteiger partial charge in [0.05, 0.1) is 0 Å². The zero-order chi connectivity index (χ0) is 12.6. The summed E-state index contributed by atoms with van der Waals surface area (Å²) in [6.45, 7) is 0. The molecule has 1 heterocycles. The van der Waals surface area contributed by atoms with Crippen molar-refractivity contribution in [3.63, 3.8) is 0 Å². The highest BCUT2D eigenvalue weighted by Gasteiger charge is 2.35. The van der Waals surface area contributed by atoms with E-state index >= 15 is 0 Å². The number of carbonyl (C=O) groups is 2. The van der Waals surface area contributed by atoms with Crippen LogP contribution < -0.4 is 5.32 Å². The Kier molecular flexibility index (Phi) is 3.26. The van der Waals surface area contributed by atoms with Crippen molar-refractivity contribution >= 4 is 35.1 Å². The fraction of sp³-hybridized carbons (Fsp3) is 0.273. The standard InChI is InChI=1S/C11H10Cl2N2O2/c1-15-10(16)9(14-11(15)17)5-6-7(12)3-2-4-8(6)13/h2-4,9H,5H2,1H3,(H,14,17). The fourth-order valence-corrected chi connectivity index (χ4v) is 2.26. The second-order valence-corrected chi connectivity index (χ2v) is 4.62. The van der Waals surface area contributed by atoms with Gasteiger partial charge in [-0.3, -0.25) is 9.69 Å².